The van der Waals surface area contributed by atoms with E-state index in [1.54, 1.807) is 0 Å². The summed E-state index contributed by atoms with van der Waals surface area (Å²) in [5.74, 6) is 0. The minimum atomic E-state index is -0.156. The van der Waals surface area contributed by atoms with Crippen LogP contribution in [0, 0.1) is 5.41 Å². The average Bonchev–Trinajstić information content (AvgIpc) is 2.76. The van der Waals surface area contributed by atoms with Gasteiger partial charge in [0, 0.05) is 25.2 Å². The van der Waals surface area contributed by atoms with Gasteiger partial charge in [-0.25, -0.2) is 0 Å². The van der Waals surface area contributed by atoms with Crippen LogP contribution in [0.15, 0.2) is 0 Å². The van der Waals surface area contributed by atoms with Crippen LogP contribution < -0.4 is 0 Å². The average molecular weight is 435 g/mol. The van der Waals surface area contributed by atoms with E-state index in [1.165, 1.54) is 0 Å². The molecule has 0 aromatic carbocycles. The zero-order valence-corrected chi connectivity index (χ0v) is 20.4. The molecule has 6 nitrogen and oxygen atoms in total. The van der Waals surface area contributed by atoms with Crippen LogP contribution in [-0.4, -0.2) is 79.3 Å². The summed E-state index contributed by atoms with van der Waals surface area (Å²) in [6, 6.07) is 0. The van der Waals surface area contributed by atoms with Gasteiger partial charge in [0.2, 0.25) is 0 Å². The molecule has 0 aliphatic carbocycles. The van der Waals surface area contributed by atoms with Gasteiger partial charge in [-0.05, 0) is 25.7 Å². The van der Waals surface area contributed by atoms with Gasteiger partial charge >= 0.3 is 0 Å². The molecular formula is C24H50O6. The summed E-state index contributed by atoms with van der Waals surface area (Å²) in [6.07, 6.45) is 7.68. The lowest BCUT2D eigenvalue weighted by molar-refractivity contribution is -0.0892. The molecule has 0 aliphatic heterocycles. The minimum absolute atomic E-state index is 0.156. The Morgan fingerprint density at radius 1 is 0.400 bits per heavy atom. The molecular weight excluding hydrogens is 384 g/mol. The van der Waals surface area contributed by atoms with Crippen molar-refractivity contribution >= 4 is 0 Å². The van der Waals surface area contributed by atoms with E-state index < -0.39 is 0 Å². The van der Waals surface area contributed by atoms with Crippen LogP contribution in [0.4, 0.5) is 0 Å². The van der Waals surface area contributed by atoms with Crippen LogP contribution >= 0.6 is 0 Å². The molecule has 0 aromatic rings. The van der Waals surface area contributed by atoms with Crippen molar-refractivity contribution in [3.63, 3.8) is 0 Å². The lowest BCUT2D eigenvalue weighted by Crippen LogP contribution is -2.38. The van der Waals surface area contributed by atoms with Gasteiger partial charge in [0.15, 0.2) is 0 Å². The van der Waals surface area contributed by atoms with Gasteiger partial charge in [-0.15, -0.1) is 0 Å². The van der Waals surface area contributed by atoms with Crippen LogP contribution in [0.3, 0.4) is 0 Å². The van der Waals surface area contributed by atoms with E-state index in [9.17, 15) is 0 Å². The lowest BCUT2D eigenvalue weighted by atomic mass is 9.88. The van der Waals surface area contributed by atoms with Crippen LogP contribution in [0.2, 0.25) is 0 Å². The van der Waals surface area contributed by atoms with Crippen molar-refractivity contribution in [1.29, 1.82) is 0 Å². The summed E-state index contributed by atoms with van der Waals surface area (Å²) in [7, 11) is 0. The second-order valence-corrected chi connectivity index (χ2v) is 7.91. The smallest absolute Gasteiger partial charge is 0.0700 e. The molecule has 0 fully saturated rings. The third kappa shape index (κ3) is 18.5. The van der Waals surface area contributed by atoms with Crippen LogP contribution in [0.5, 0.6) is 0 Å². The first-order chi connectivity index (χ1) is 14.7. The molecule has 182 valence electrons. The summed E-state index contributed by atoms with van der Waals surface area (Å²) in [5, 5.41) is 0. The Kier molecular flexibility index (Phi) is 23.2. The van der Waals surface area contributed by atoms with Gasteiger partial charge in [0.05, 0.1) is 59.5 Å². The van der Waals surface area contributed by atoms with Crippen LogP contribution in [0.25, 0.3) is 0 Å². The maximum atomic E-state index is 5.94. The van der Waals surface area contributed by atoms with Gasteiger partial charge in [-0.3, -0.25) is 0 Å². The van der Waals surface area contributed by atoms with Gasteiger partial charge < -0.3 is 28.4 Å². The minimum Gasteiger partial charge on any atom is -0.379 e. The van der Waals surface area contributed by atoms with Crippen molar-refractivity contribution in [2.24, 2.45) is 5.41 Å². The summed E-state index contributed by atoms with van der Waals surface area (Å²) < 4.78 is 34.6. The Morgan fingerprint density at radius 2 is 0.700 bits per heavy atom. The fraction of sp³-hybridized carbons (Fsp3) is 1.00. The molecule has 6 heteroatoms. The summed E-state index contributed by atoms with van der Waals surface area (Å²) >= 11 is 0. The van der Waals surface area contributed by atoms with Crippen molar-refractivity contribution in [3.8, 4) is 0 Å². The molecule has 30 heavy (non-hydrogen) atoms. The van der Waals surface area contributed by atoms with E-state index in [0.717, 1.165) is 64.8 Å². The molecule has 0 bridgehead atoms. The number of ether oxygens (including phenoxy) is 6. The van der Waals surface area contributed by atoms with E-state index in [0.29, 0.717) is 59.5 Å². The standard InChI is InChI=1S/C24H50O6/c1-5-9-12-25-15-18-28-21-24(8-4,22-29-19-16-26-13-10-6-2)23-30-20-17-27-14-11-7-3/h5-23H2,1-4H3. The predicted molar refractivity (Wildman–Crippen MR) is 122 cm³/mol. The van der Waals surface area contributed by atoms with E-state index >= 15 is 0 Å². The molecule has 0 radical (unpaired) electrons. The zero-order valence-electron chi connectivity index (χ0n) is 20.4. The molecule has 0 aromatic heterocycles. The van der Waals surface area contributed by atoms with Gasteiger partial charge in [0.1, 0.15) is 0 Å². The Bertz CT molecular complexity index is 281. The van der Waals surface area contributed by atoms with E-state index in [1.807, 2.05) is 0 Å². The molecule has 0 rings (SSSR count). The number of unbranched alkanes of at least 4 members (excludes halogenated alkanes) is 3. The highest BCUT2D eigenvalue weighted by molar-refractivity contribution is 4.77. The third-order valence-corrected chi connectivity index (χ3v) is 5.02. The quantitative estimate of drug-likeness (QED) is 0.191. The Labute approximate surface area is 186 Å². The number of hydrogen-bond donors (Lipinski definition) is 0. The molecule has 0 N–H and O–H groups in total. The van der Waals surface area contributed by atoms with Crippen molar-refractivity contribution in [1.82, 2.24) is 0 Å². The first-order valence-corrected chi connectivity index (χ1v) is 12.2. The van der Waals surface area contributed by atoms with Crippen LogP contribution in [0.1, 0.15) is 72.6 Å². The monoisotopic (exact) mass is 434 g/mol. The second-order valence-electron chi connectivity index (χ2n) is 7.91. The first kappa shape index (κ1) is 29.8. The van der Waals surface area contributed by atoms with E-state index in [-0.39, 0.29) is 5.41 Å². The summed E-state index contributed by atoms with van der Waals surface area (Å²) in [4.78, 5) is 0. The van der Waals surface area contributed by atoms with Crippen molar-refractivity contribution in [3.05, 3.63) is 0 Å². The fourth-order valence-electron chi connectivity index (χ4n) is 2.70. The maximum Gasteiger partial charge on any atom is 0.0700 e. The molecule has 0 saturated heterocycles. The zero-order chi connectivity index (χ0) is 22.2. The fourth-order valence-corrected chi connectivity index (χ4v) is 2.70. The highest BCUT2D eigenvalue weighted by Crippen LogP contribution is 2.24. The summed E-state index contributed by atoms with van der Waals surface area (Å²) in [5.41, 5.74) is -0.156. The summed E-state index contributed by atoms with van der Waals surface area (Å²) in [6.45, 7) is 16.6. The SMILES string of the molecule is CCCCOCCOCC(CC)(COCCOCCCC)COCCOCCCC. The van der Waals surface area contributed by atoms with E-state index in [2.05, 4.69) is 27.7 Å². The van der Waals surface area contributed by atoms with Crippen molar-refractivity contribution in [2.75, 3.05) is 79.3 Å². The number of hydrogen-bond acceptors (Lipinski definition) is 6. The lowest BCUT2D eigenvalue weighted by Gasteiger charge is -2.32. The molecule has 0 heterocycles. The topological polar surface area (TPSA) is 55.4 Å². The van der Waals surface area contributed by atoms with E-state index in [4.69, 9.17) is 28.4 Å². The third-order valence-electron chi connectivity index (χ3n) is 5.02. The highest BCUT2D eigenvalue weighted by atomic mass is 16.5. The Morgan fingerprint density at radius 3 is 0.967 bits per heavy atom. The second kappa shape index (κ2) is 23.4. The van der Waals surface area contributed by atoms with Crippen molar-refractivity contribution in [2.45, 2.75) is 72.6 Å². The molecule has 0 unspecified atom stereocenters. The molecule has 0 spiro atoms. The van der Waals surface area contributed by atoms with Crippen molar-refractivity contribution < 1.29 is 28.4 Å². The van der Waals surface area contributed by atoms with Gasteiger partial charge in [-0.1, -0.05) is 47.0 Å². The van der Waals surface area contributed by atoms with Gasteiger partial charge in [0.25, 0.3) is 0 Å². The molecule has 0 aliphatic rings. The normalized spacial score (nSPS) is 12.0. The predicted octanol–water partition coefficient (Wildman–Crippen LogP) is 4.88. The number of rotatable bonds is 25. The van der Waals surface area contributed by atoms with Gasteiger partial charge in [-0.2, -0.15) is 0 Å². The largest absolute Gasteiger partial charge is 0.379 e. The Hall–Kier alpha value is -0.240. The highest BCUT2D eigenvalue weighted by Gasteiger charge is 2.29. The maximum absolute atomic E-state index is 5.94. The molecule has 0 amide bonds. The Balaban J connectivity index is 4.23. The molecule has 0 atom stereocenters. The molecule has 0 saturated carbocycles. The first-order valence-electron chi connectivity index (χ1n) is 12.2. The van der Waals surface area contributed by atoms with Crippen LogP contribution in [-0.2, 0) is 28.4 Å².